The lowest BCUT2D eigenvalue weighted by molar-refractivity contribution is 0.0420. The molecule has 0 aromatic carbocycles. The molecule has 2 N–H and O–H groups in total. The molecule has 1 atom stereocenters. The molecule has 2 fully saturated rings. The van der Waals surface area contributed by atoms with E-state index in [0.29, 0.717) is 12.0 Å². The van der Waals surface area contributed by atoms with Crippen molar-refractivity contribution < 1.29 is 9.47 Å². The molecule has 0 aliphatic carbocycles. The molecule has 2 saturated heterocycles. The normalized spacial score (nSPS) is 21.6. The van der Waals surface area contributed by atoms with Gasteiger partial charge in [0.15, 0.2) is 5.96 Å². The largest absolute Gasteiger partial charge is 0.379 e. The van der Waals surface area contributed by atoms with Gasteiger partial charge in [-0.25, -0.2) is 4.98 Å². The Morgan fingerprint density at radius 1 is 1.34 bits per heavy atom. The maximum atomic E-state index is 5.80. The smallest absolute Gasteiger partial charge is 0.190 e. The van der Waals surface area contributed by atoms with Crippen molar-refractivity contribution in [2.45, 2.75) is 51.7 Å². The predicted octanol–water partition coefficient (Wildman–Crippen LogP) is 2.28. The number of hydrogen-bond acceptors (Lipinski definition) is 6. The topological polar surface area (TPSA) is 71.0 Å². The molecule has 0 amide bonds. The van der Waals surface area contributed by atoms with Crippen LogP contribution in [0.2, 0.25) is 0 Å². The van der Waals surface area contributed by atoms with E-state index in [1.807, 2.05) is 7.05 Å². The molecule has 2 aliphatic heterocycles. The minimum atomic E-state index is 0.294. The van der Waals surface area contributed by atoms with Crippen LogP contribution in [0.1, 0.15) is 43.3 Å². The van der Waals surface area contributed by atoms with Crippen LogP contribution in [0.15, 0.2) is 10.4 Å². The van der Waals surface area contributed by atoms with E-state index in [0.717, 1.165) is 77.8 Å². The Morgan fingerprint density at radius 2 is 2.21 bits per heavy atom. The molecule has 1 unspecified atom stereocenters. The number of guanidine groups is 1. The molecule has 1 aromatic rings. The van der Waals surface area contributed by atoms with Crippen molar-refractivity contribution in [3.05, 3.63) is 16.1 Å². The number of aromatic nitrogens is 1. The third-order valence-electron chi connectivity index (χ3n) is 5.63. The maximum Gasteiger partial charge on any atom is 0.190 e. The summed E-state index contributed by atoms with van der Waals surface area (Å²) in [6, 6.07) is 0. The summed E-state index contributed by atoms with van der Waals surface area (Å²) in [5, 5.41) is 10.4. The second-order valence-electron chi connectivity index (χ2n) is 7.90. The molecule has 0 saturated carbocycles. The number of nitrogens with one attached hydrogen (secondary N) is 2. The van der Waals surface area contributed by atoms with Gasteiger partial charge in [0.25, 0.3) is 0 Å². The Hall–Kier alpha value is -1.22. The summed E-state index contributed by atoms with van der Waals surface area (Å²) in [5.41, 5.74) is 1.23. The number of hydrogen-bond donors (Lipinski definition) is 2. The average Bonchev–Trinajstić information content (AvgIpc) is 3.43. The predicted molar refractivity (Wildman–Crippen MR) is 119 cm³/mol. The van der Waals surface area contributed by atoms with Gasteiger partial charge >= 0.3 is 0 Å². The average molecular weight is 424 g/mol. The van der Waals surface area contributed by atoms with E-state index in [4.69, 9.17) is 14.5 Å². The SMILES string of the molecule is CCc1nc(CN2CCC(CNC(=NC)NCCCOC3CCOC3)CC2)cs1. The summed E-state index contributed by atoms with van der Waals surface area (Å²) in [6.07, 6.45) is 5.79. The van der Waals surface area contributed by atoms with Gasteiger partial charge in [0.1, 0.15) is 0 Å². The van der Waals surface area contributed by atoms with Gasteiger partial charge in [-0.05, 0) is 51.1 Å². The van der Waals surface area contributed by atoms with Crippen LogP contribution in [-0.2, 0) is 22.4 Å². The van der Waals surface area contributed by atoms with Crippen LogP contribution in [0, 0.1) is 5.92 Å². The minimum absolute atomic E-state index is 0.294. The molecule has 3 rings (SSSR count). The van der Waals surface area contributed by atoms with Crippen molar-refractivity contribution in [3.63, 3.8) is 0 Å². The lowest BCUT2D eigenvalue weighted by Crippen LogP contribution is -2.43. The standard InChI is InChI=1S/C21H37N5O2S/c1-3-20-25-18(16-29-20)14-26-9-5-17(6-10-26)13-24-21(22-2)23-8-4-11-28-19-7-12-27-15-19/h16-17,19H,3-15H2,1-2H3,(H2,22,23,24). The number of rotatable bonds is 10. The molecular weight excluding hydrogens is 386 g/mol. The zero-order valence-electron chi connectivity index (χ0n) is 18.0. The second-order valence-corrected chi connectivity index (χ2v) is 8.84. The molecule has 3 heterocycles. The molecule has 29 heavy (non-hydrogen) atoms. The highest BCUT2D eigenvalue weighted by Crippen LogP contribution is 2.19. The van der Waals surface area contributed by atoms with E-state index in [-0.39, 0.29) is 0 Å². The lowest BCUT2D eigenvalue weighted by atomic mass is 9.97. The number of likely N-dealkylation sites (tertiary alicyclic amines) is 1. The van der Waals surface area contributed by atoms with Crippen LogP contribution in [0.5, 0.6) is 0 Å². The number of aliphatic imine (C=N–C) groups is 1. The molecule has 1 aromatic heterocycles. The fraction of sp³-hybridized carbons (Fsp3) is 0.810. The Kier molecular flexibility index (Phi) is 9.66. The van der Waals surface area contributed by atoms with Crippen LogP contribution in [0.25, 0.3) is 0 Å². The highest BCUT2D eigenvalue weighted by Gasteiger charge is 2.20. The molecule has 0 bridgehead atoms. The van der Waals surface area contributed by atoms with E-state index >= 15 is 0 Å². The van der Waals surface area contributed by atoms with Crippen molar-refractivity contribution in [1.29, 1.82) is 0 Å². The summed E-state index contributed by atoms with van der Waals surface area (Å²) in [5.74, 6) is 1.60. The van der Waals surface area contributed by atoms with Crippen LogP contribution in [0.4, 0.5) is 0 Å². The first-order valence-electron chi connectivity index (χ1n) is 11.1. The number of piperidine rings is 1. The van der Waals surface area contributed by atoms with Crippen LogP contribution >= 0.6 is 11.3 Å². The summed E-state index contributed by atoms with van der Waals surface area (Å²) in [4.78, 5) is 11.6. The summed E-state index contributed by atoms with van der Waals surface area (Å²) in [6.45, 7) is 9.69. The Bertz CT molecular complexity index is 610. The van der Waals surface area contributed by atoms with Gasteiger partial charge in [0.2, 0.25) is 0 Å². The molecule has 8 heteroatoms. The maximum absolute atomic E-state index is 5.80. The number of ether oxygens (including phenoxy) is 2. The van der Waals surface area contributed by atoms with Crippen molar-refractivity contribution in [2.24, 2.45) is 10.9 Å². The zero-order valence-corrected chi connectivity index (χ0v) is 18.8. The zero-order chi connectivity index (χ0) is 20.3. The fourth-order valence-electron chi connectivity index (χ4n) is 3.80. The highest BCUT2D eigenvalue weighted by molar-refractivity contribution is 7.09. The lowest BCUT2D eigenvalue weighted by Gasteiger charge is -2.31. The van der Waals surface area contributed by atoms with Crippen molar-refractivity contribution >= 4 is 17.3 Å². The van der Waals surface area contributed by atoms with Gasteiger partial charge in [0, 0.05) is 45.3 Å². The van der Waals surface area contributed by atoms with Gasteiger partial charge in [-0.1, -0.05) is 6.92 Å². The molecule has 2 aliphatic rings. The molecule has 7 nitrogen and oxygen atoms in total. The Labute approximate surface area is 179 Å². The van der Waals surface area contributed by atoms with E-state index in [1.54, 1.807) is 11.3 Å². The van der Waals surface area contributed by atoms with Crippen LogP contribution in [-0.4, -0.2) is 75.0 Å². The number of aryl methyl sites for hydroxylation is 1. The molecular formula is C21H37N5O2S. The first-order valence-corrected chi connectivity index (χ1v) is 11.9. The minimum Gasteiger partial charge on any atom is -0.379 e. The second kappa shape index (κ2) is 12.5. The van der Waals surface area contributed by atoms with Crippen molar-refractivity contribution in [2.75, 3.05) is 53.0 Å². The van der Waals surface area contributed by atoms with E-state index in [2.05, 4.69) is 32.8 Å². The van der Waals surface area contributed by atoms with Crippen molar-refractivity contribution in [3.8, 4) is 0 Å². The van der Waals surface area contributed by atoms with E-state index in [9.17, 15) is 0 Å². The summed E-state index contributed by atoms with van der Waals surface area (Å²) in [7, 11) is 1.84. The van der Waals surface area contributed by atoms with Crippen molar-refractivity contribution in [1.82, 2.24) is 20.5 Å². The summed E-state index contributed by atoms with van der Waals surface area (Å²) < 4.78 is 11.1. The third-order valence-corrected chi connectivity index (χ3v) is 6.67. The van der Waals surface area contributed by atoms with Gasteiger partial charge in [-0.15, -0.1) is 11.3 Å². The van der Waals surface area contributed by atoms with Gasteiger partial charge in [0.05, 0.1) is 23.4 Å². The van der Waals surface area contributed by atoms with Crippen LogP contribution in [0.3, 0.4) is 0 Å². The first kappa shape index (κ1) is 22.5. The number of thiazole rings is 1. The molecule has 164 valence electrons. The quantitative estimate of drug-likeness (QED) is 0.342. The Balaban J connectivity index is 1.24. The number of nitrogens with zero attached hydrogens (tertiary/aromatic N) is 3. The fourth-order valence-corrected chi connectivity index (χ4v) is 4.53. The summed E-state index contributed by atoms with van der Waals surface area (Å²) >= 11 is 1.79. The molecule has 0 spiro atoms. The van der Waals surface area contributed by atoms with E-state index < -0.39 is 0 Å². The van der Waals surface area contributed by atoms with Crippen LogP contribution < -0.4 is 10.6 Å². The van der Waals surface area contributed by atoms with E-state index in [1.165, 1.54) is 23.5 Å². The third kappa shape index (κ3) is 7.85. The molecule has 0 radical (unpaired) electrons. The first-order chi connectivity index (χ1) is 14.3. The Morgan fingerprint density at radius 3 is 2.90 bits per heavy atom. The monoisotopic (exact) mass is 423 g/mol. The van der Waals surface area contributed by atoms with Gasteiger partial charge < -0.3 is 20.1 Å². The van der Waals surface area contributed by atoms with Gasteiger partial charge in [-0.2, -0.15) is 0 Å². The highest BCUT2D eigenvalue weighted by atomic mass is 32.1. The van der Waals surface area contributed by atoms with Gasteiger partial charge in [-0.3, -0.25) is 9.89 Å².